The van der Waals surface area contributed by atoms with E-state index in [0.29, 0.717) is 49.0 Å². The maximum Gasteiger partial charge on any atom is 0.420 e. The van der Waals surface area contributed by atoms with Gasteiger partial charge in [-0.05, 0) is 37.3 Å². The van der Waals surface area contributed by atoms with Gasteiger partial charge >= 0.3 is 11.7 Å². The van der Waals surface area contributed by atoms with E-state index in [1.807, 2.05) is 11.2 Å². The maximum absolute atomic E-state index is 12.3. The monoisotopic (exact) mass is 378 g/mol. The third-order valence-electron chi connectivity index (χ3n) is 4.74. The molecule has 3 rings (SSSR count). The molecule has 0 unspecified atom stereocenters. The van der Waals surface area contributed by atoms with Gasteiger partial charge in [0.2, 0.25) is 5.91 Å². The molecule has 26 heavy (non-hydrogen) atoms. The van der Waals surface area contributed by atoms with Crippen molar-refractivity contribution in [3.8, 4) is 0 Å². The number of aromatic nitrogens is 1. The lowest BCUT2D eigenvalue weighted by molar-refractivity contribution is -0.132. The van der Waals surface area contributed by atoms with E-state index in [1.165, 1.54) is 7.11 Å². The summed E-state index contributed by atoms with van der Waals surface area (Å²) in [4.78, 5) is 38.1. The lowest BCUT2D eigenvalue weighted by atomic mass is 10.0. The minimum atomic E-state index is -0.457. The first-order chi connectivity index (χ1) is 12.5. The van der Waals surface area contributed by atoms with Gasteiger partial charge < -0.3 is 14.1 Å². The molecule has 1 aromatic carbocycles. The number of ether oxygens (including phenoxy) is 1. The summed E-state index contributed by atoms with van der Waals surface area (Å²) in [5.41, 5.74) is 1.41. The number of amides is 1. The maximum atomic E-state index is 12.3. The van der Waals surface area contributed by atoms with Gasteiger partial charge in [0.1, 0.15) is 0 Å². The lowest BCUT2D eigenvalue weighted by Crippen LogP contribution is -2.40. The van der Waals surface area contributed by atoms with Gasteiger partial charge in [-0.15, -0.1) is 0 Å². The van der Waals surface area contributed by atoms with Gasteiger partial charge in [0, 0.05) is 31.3 Å². The fourth-order valence-corrected chi connectivity index (χ4v) is 3.72. The fourth-order valence-electron chi connectivity index (χ4n) is 3.35. The number of nitrogens with zero attached hydrogens (tertiary/aromatic N) is 2. The number of methoxy groups -OCH3 is 1. The van der Waals surface area contributed by atoms with Crippen LogP contribution in [0.2, 0.25) is 0 Å². The van der Waals surface area contributed by atoms with E-state index in [-0.39, 0.29) is 11.9 Å². The molecule has 2 aromatic rings. The summed E-state index contributed by atoms with van der Waals surface area (Å²) in [5, 5.41) is 0. The summed E-state index contributed by atoms with van der Waals surface area (Å²) in [6.45, 7) is 1.24. The van der Waals surface area contributed by atoms with Gasteiger partial charge in [-0.3, -0.25) is 9.36 Å². The van der Waals surface area contributed by atoms with Crippen LogP contribution in [0.5, 0.6) is 0 Å². The Bertz CT molecular complexity index is 864. The molecule has 0 atom stereocenters. The Morgan fingerprint density at radius 1 is 1.31 bits per heavy atom. The molecule has 0 bridgehead atoms. The molecule has 1 aliphatic heterocycles. The first-order valence-electron chi connectivity index (χ1n) is 8.55. The predicted octanol–water partition coefficient (Wildman–Crippen LogP) is 2.30. The molecule has 0 aliphatic carbocycles. The van der Waals surface area contributed by atoms with E-state index in [1.54, 1.807) is 34.5 Å². The number of rotatable bonds is 5. The van der Waals surface area contributed by atoms with Crippen molar-refractivity contribution in [2.24, 2.45) is 0 Å². The Kier molecular flexibility index (Phi) is 5.70. The standard InChI is InChI=1S/C18H22N2O5S/c1-24-17(22)12-3-4-15-14(11-12)20(18(23)25-15)13-5-8-19(9-6-13)16(21)7-10-26-2/h3-4,11,13H,5-10H2,1-2H3. The number of carbonyl (C=O) groups excluding carboxylic acids is 2. The number of piperidine rings is 1. The summed E-state index contributed by atoms with van der Waals surface area (Å²) in [6, 6.07) is 4.76. The highest BCUT2D eigenvalue weighted by Crippen LogP contribution is 2.27. The van der Waals surface area contributed by atoms with E-state index >= 15 is 0 Å². The van der Waals surface area contributed by atoms with Gasteiger partial charge in [-0.2, -0.15) is 11.8 Å². The fraction of sp³-hybridized carbons (Fsp3) is 0.500. The second-order valence-electron chi connectivity index (χ2n) is 6.27. The topological polar surface area (TPSA) is 81.8 Å². The first-order valence-corrected chi connectivity index (χ1v) is 9.94. The zero-order chi connectivity index (χ0) is 18.7. The highest BCUT2D eigenvalue weighted by atomic mass is 32.2. The molecule has 1 aromatic heterocycles. The number of hydrogen-bond donors (Lipinski definition) is 0. The average Bonchev–Trinajstić information content (AvgIpc) is 3.00. The summed E-state index contributed by atoms with van der Waals surface area (Å²) >= 11 is 1.66. The minimum Gasteiger partial charge on any atom is -0.465 e. The Hall–Kier alpha value is -2.22. The summed E-state index contributed by atoms with van der Waals surface area (Å²) in [5.74, 6) is 0.0895. The Morgan fingerprint density at radius 2 is 2.04 bits per heavy atom. The number of carbonyl (C=O) groups is 2. The van der Waals surface area contributed by atoms with Crippen LogP contribution in [0.15, 0.2) is 27.4 Å². The van der Waals surface area contributed by atoms with Gasteiger partial charge in [0.25, 0.3) is 0 Å². The quantitative estimate of drug-likeness (QED) is 0.743. The molecule has 1 fully saturated rings. The normalized spacial score (nSPS) is 15.4. The van der Waals surface area contributed by atoms with Crippen molar-refractivity contribution in [1.29, 1.82) is 0 Å². The molecule has 140 valence electrons. The van der Waals surface area contributed by atoms with Crippen LogP contribution < -0.4 is 5.76 Å². The lowest BCUT2D eigenvalue weighted by Gasteiger charge is -2.32. The van der Waals surface area contributed by atoms with Crippen LogP contribution >= 0.6 is 11.8 Å². The molecule has 2 heterocycles. The Balaban J connectivity index is 1.80. The molecule has 7 nitrogen and oxygen atoms in total. The first kappa shape index (κ1) is 18.6. The van der Waals surface area contributed by atoms with Crippen molar-refractivity contribution >= 4 is 34.7 Å². The van der Waals surface area contributed by atoms with Gasteiger partial charge in [0.05, 0.1) is 18.2 Å². The summed E-state index contributed by atoms with van der Waals surface area (Å²) < 4.78 is 11.7. The molecule has 1 aliphatic rings. The van der Waals surface area contributed by atoms with Crippen LogP contribution in [0.4, 0.5) is 0 Å². The van der Waals surface area contributed by atoms with Crippen molar-refractivity contribution in [2.45, 2.75) is 25.3 Å². The van der Waals surface area contributed by atoms with Crippen molar-refractivity contribution in [3.63, 3.8) is 0 Å². The number of esters is 1. The second-order valence-corrected chi connectivity index (χ2v) is 7.25. The predicted molar refractivity (Wildman–Crippen MR) is 99.7 cm³/mol. The van der Waals surface area contributed by atoms with Crippen molar-refractivity contribution in [3.05, 3.63) is 34.3 Å². The zero-order valence-electron chi connectivity index (χ0n) is 14.9. The summed E-state index contributed by atoms with van der Waals surface area (Å²) in [7, 11) is 1.32. The van der Waals surface area contributed by atoms with Gasteiger partial charge in [-0.25, -0.2) is 9.59 Å². The van der Waals surface area contributed by atoms with Crippen LogP contribution in [0.3, 0.4) is 0 Å². The molecular formula is C18H22N2O5S. The third-order valence-corrected chi connectivity index (χ3v) is 5.35. The van der Waals surface area contributed by atoms with E-state index < -0.39 is 11.7 Å². The van der Waals surface area contributed by atoms with Crippen LogP contribution in [0.25, 0.3) is 11.1 Å². The van der Waals surface area contributed by atoms with E-state index in [0.717, 1.165) is 5.75 Å². The highest BCUT2D eigenvalue weighted by Gasteiger charge is 2.27. The largest absolute Gasteiger partial charge is 0.465 e. The molecule has 1 saturated heterocycles. The van der Waals surface area contributed by atoms with Gasteiger partial charge in [0.15, 0.2) is 5.58 Å². The number of thioether (sulfide) groups is 1. The molecule has 0 saturated carbocycles. The highest BCUT2D eigenvalue weighted by molar-refractivity contribution is 7.98. The smallest absolute Gasteiger partial charge is 0.420 e. The number of fused-ring (bicyclic) bond motifs is 1. The van der Waals surface area contributed by atoms with E-state index in [2.05, 4.69) is 0 Å². The molecule has 0 spiro atoms. The molecule has 8 heteroatoms. The van der Waals surface area contributed by atoms with Crippen LogP contribution in [0, 0.1) is 0 Å². The molecule has 1 amide bonds. The minimum absolute atomic E-state index is 0.0544. The zero-order valence-corrected chi connectivity index (χ0v) is 15.7. The third kappa shape index (κ3) is 3.65. The van der Waals surface area contributed by atoms with Crippen molar-refractivity contribution < 1.29 is 18.7 Å². The Morgan fingerprint density at radius 3 is 2.69 bits per heavy atom. The van der Waals surface area contributed by atoms with Crippen LogP contribution in [-0.4, -0.2) is 53.6 Å². The number of oxazole rings is 1. The van der Waals surface area contributed by atoms with Gasteiger partial charge in [-0.1, -0.05) is 0 Å². The number of hydrogen-bond acceptors (Lipinski definition) is 6. The van der Waals surface area contributed by atoms with Crippen LogP contribution in [-0.2, 0) is 9.53 Å². The van der Waals surface area contributed by atoms with E-state index in [4.69, 9.17) is 9.15 Å². The van der Waals surface area contributed by atoms with Crippen LogP contribution in [0.1, 0.15) is 35.7 Å². The average molecular weight is 378 g/mol. The number of benzene rings is 1. The second kappa shape index (κ2) is 7.99. The molecular weight excluding hydrogens is 356 g/mol. The summed E-state index contributed by atoms with van der Waals surface area (Å²) in [6.07, 6.45) is 3.89. The SMILES string of the molecule is COC(=O)c1ccc2oc(=O)n(C3CCN(C(=O)CCSC)CC3)c2c1. The molecule has 0 N–H and O–H groups in total. The van der Waals surface area contributed by atoms with E-state index in [9.17, 15) is 14.4 Å². The van der Waals surface area contributed by atoms with Crippen molar-refractivity contribution in [2.75, 3.05) is 32.2 Å². The Labute approximate surface area is 155 Å². The number of likely N-dealkylation sites (tertiary alicyclic amines) is 1. The van der Waals surface area contributed by atoms with Crippen molar-refractivity contribution in [1.82, 2.24) is 9.47 Å². The molecule has 0 radical (unpaired) electrons.